The van der Waals surface area contributed by atoms with E-state index >= 15 is 0 Å². The maximum atomic E-state index is 11.6. The summed E-state index contributed by atoms with van der Waals surface area (Å²) >= 11 is 0. The van der Waals surface area contributed by atoms with Gasteiger partial charge in [0.2, 0.25) is 0 Å². The van der Waals surface area contributed by atoms with Gasteiger partial charge in [0.15, 0.2) is 5.82 Å². The van der Waals surface area contributed by atoms with Gasteiger partial charge in [-0.25, -0.2) is 4.98 Å². The van der Waals surface area contributed by atoms with E-state index in [1.165, 1.54) is 12.4 Å². The van der Waals surface area contributed by atoms with E-state index < -0.39 is 5.56 Å². The van der Waals surface area contributed by atoms with Crippen molar-refractivity contribution >= 4 is 5.82 Å². The van der Waals surface area contributed by atoms with Crippen molar-refractivity contribution in [3.8, 4) is 0 Å². The summed E-state index contributed by atoms with van der Waals surface area (Å²) in [4.78, 5) is 17.5. The largest absolute Gasteiger partial charge is 0.425 e. The van der Waals surface area contributed by atoms with Gasteiger partial charge in [-0.05, 0) is 19.4 Å². The second-order valence-electron chi connectivity index (χ2n) is 3.53. The van der Waals surface area contributed by atoms with E-state index in [4.69, 9.17) is 5.73 Å². The lowest BCUT2D eigenvalue weighted by Crippen LogP contribution is -2.34. The van der Waals surface area contributed by atoms with Crippen molar-refractivity contribution in [3.63, 3.8) is 0 Å². The molecule has 0 atom stereocenters. The van der Waals surface area contributed by atoms with Gasteiger partial charge in [0.1, 0.15) is 0 Å². The van der Waals surface area contributed by atoms with E-state index in [0.29, 0.717) is 17.8 Å². The molecular formula is C10H18N4O2. The van der Waals surface area contributed by atoms with Gasteiger partial charge in [0.25, 0.3) is 0 Å². The molecule has 6 nitrogen and oxygen atoms in total. The van der Waals surface area contributed by atoms with E-state index in [1.807, 2.05) is 11.8 Å². The fourth-order valence-electron chi connectivity index (χ4n) is 1.49. The lowest BCUT2D eigenvalue weighted by molar-refractivity contribution is 0.174. The van der Waals surface area contributed by atoms with Gasteiger partial charge in [-0.2, -0.15) is 4.73 Å². The monoisotopic (exact) mass is 226 g/mol. The first-order valence-electron chi connectivity index (χ1n) is 5.42. The highest BCUT2D eigenvalue weighted by atomic mass is 16.5. The van der Waals surface area contributed by atoms with Crippen LogP contribution >= 0.6 is 0 Å². The van der Waals surface area contributed by atoms with Gasteiger partial charge in [-0.1, -0.05) is 6.92 Å². The van der Waals surface area contributed by atoms with Crippen LogP contribution in [0.15, 0.2) is 17.2 Å². The second kappa shape index (κ2) is 6.12. The molecule has 0 saturated carbocycles. The van der Waals surface area contributed by atoms with Gasteiger partial charge in [-0.15, -0.1) is 0 Å². The first kappa shape index (κ1) is 12.5. The van der Waals surface area contributed by atoms with Crippen LogP contribution in [0.4, 0.5) is 5.82 Å². The molecular weight excluding hydrogens is 208 g/mol. The van der Waals surface area contributed by atoms with E-state index in [0.717, 1.165) is 19.4 Å². The summed E-state index contributed by atoms with van der Waals surface area (Å²) in [7, 11) is 0. The van der Waals surface area contributed by atoms with Crippen molar-refractivity contribution < 1.29 is 5.21 Å². The minimum Gasteiger partial charge on any atom is -0.425 e. The summed E-state index contributed by atoms with van der Waals surface area (Å²) < 4.78 is 0.549. The van der Waals surface area contributed by atoms with E-state index in [1.54, 1.807) is 0 Å². The highest BCUT2D eigenvalue weighted by Crippen LogP contribution is 2.04. The fourth-order valence-corrected chi connectivity index (χ4v) is 1.49. The lowest BCUT2D eigenvalue weighted by Gasteiger charge is -2.21. The van der Waals surface area contributed by atoms with Crippen LogP contribution < -0.4 is 16.2 Å². The predicted octanol–water partition coefficient (Wildman–Crippen LogP) is 0.0458. The van der Waals surface area contributed by atoms with Crippen LogP contribution in [0, 0.1) is 0 Å². The van der Waals surface area contributed by atoms with Crippen LogP contribution in [0.25, 0.3) is 0 Å². The molecule has 0 unspecified atom stereocenters. The Hall–Kier alpha value is -1.56. The summed E-state index contributed by atoms with van der Waals surface area (Å²) in [5.74, 6) is 0.278. The van der Waals surface area contributed by atoms with Gasteiger partial charge in [-0.3, -0.25) is 4.79 Å². The minimum atomic E-state index is -0.493. The minimum absolute atomic E-state index is 0.278. The van der Waals surface area contributed by atoms with Crippen molar-refractivity contribution in [1.29, 1.82) is 0 Å². The summed E-state index contributed by atoms with van der Waals surface area (Å²) in [6.07, 6.45) is 4.33. The van der Waals surface area contributed by atoms with Gasteiger partial charge >= 0.3 is 5.56 Å². The third-order valence-corrected chi connectivity index (χ3v) is 2.23. The van der Waals surface area contributed by atoms with Crippen molar-refractivity contribution in [2.24, 2.45) is 5.73 Å². The first-order chi connectivity index (χ1) is 7.70. The molecule has 0 radical (unpaired) electrons. The molecule has 16 heavy (non-hydrogen) atoms. The Balaban J connectivity index is 2.91. The van der Waals surface area contributed by atoms with Crippen molar-refractivity contribution in [3.05, 3.63) is 22.7 Å². The first-order valence-corrected chi connectivity index (χ1v) is 5.42. The number of hydrogen-bond acceptors (Lipinski definition) is 5. The van der Waals surface area contributed by atoms with Crippen molar-refractivity contribution in [2.45, 2.75) is 19.8 Å². The van der Waals surface area contributed by atoms with Gasteiger partial charge < -0.3 is 15.8 Å². The number of nitrogens with two attached hydrogens (primary N) is 1. The average molecular weight is 226 g/mol. The van der Waals surface area contributed by atoms with Crippen molar-refractivity contribution in [2.75, 3.05) is 24.5 Å². The Labute approximate surface area is 94.3 Å². The Morgan fingerprint density at radius 2 is 2.31 bits per heavy atom. The molecule has 0 amide bonds. The van der Waals surface area contributed by atoms with Crippen molar-refractivity contribution in [1.82, 2.24) is 9.71 Å². The molecule has 0 bridgehead atoms. The molecule has 0 saturated heterocycles. The molecule has 0 fully saturated rings. The number of hydrogen-bond donors (Lipinski definition) is 2. The van der Waals surface area contributed by atoms with Crippen LogP contribution in [0.3, 0.4) is 0 Å². The zero-order valence-electron chi connectivity index (χ0n) is 9.46. The third-order valence-electron chi connectivity index (χ3n) is 2.23. The molecule has 0 aliphatic heterocycles. The number of aromatic nitrogens is 2. The van der Waals surface area contributed by atoms with E-state index in [2.05, 4.69) is 4.98 Å². The summed E-state index contributed by atoms with van der Waals surface area (Å²) in [5, 5.41) is 9.26. The summed E-state index contributed by atoms with van der Waals surface area (Å²) in [5.41, 5.74) is 4.95. The maximum absolute atomic E-state index is 11.6. The normalized spacial score (nSPS) is 10.4. The van der Waals surface area contributed by atoms with Crippen LogP contribution in [0.2, 0.25) is 0 Å². The molecule has 3 N–H and O–H groups in total. The van der Waals surface area contributed by atoms with Crippen LogP contribution in [-0.4, -0.2) is 34.6 Å². The number of rotatable bonds is 6. The Morgan fingerprint density at radius 1 is 1.56 bits per heavy atom. The molecule has 0 aliphatic carbocycles. The number of anilines is 1. The molecule has 1 aromatic rings. The fraction of sp³-hybridized carbons (Fsp3) is 0.600. The molecule has 6 heteroatoms. The lowest BCUT2D eigenvalue weighted by atomic mass is 10.3. The topological polar surface area (TPSA) is 84.4 Å². The smallest absolute Gasteiger partial charge is 0.325 e. The average Bonchev–Trinajstić information content (AvgIpc) is 2.28. The highest BCUT2D eigenvalue weighted by Gasteiger charge is 2.12. The van der Waals surface area contributed by atoms with E-state index in [-0.39, 0.29) is 5.82 Å². The van der Waals surface area contributed by atoms with E-state index in [9.17, 15) is 10.0 Å². The Kier molecular flexibility index (Phi) is 4.78. The van der Waals surface area contributed by atoms with Gasteiger partial charge in [0.05, 0.1) is 6.20 Å². The molecule has 0 spiro atoms. The maximum Gasteiger partial charge on any atom is 0.325 e. The van der Waals surface area contributed by atoms with Crippen LogP contribution in [0.5, 0.6) is 0 Å². The SMILES string of the molecule is CCCN(CCCN)c1nccn(O)c1=O. The zero-order chi connectivity index (χ0) is 12.0. The summed E-state index contributed by atoms with van der Waals surface area (Å²) in [6.45, 7) is 4.00. The zero-order valence-corrected chi connectivity index (χ0v) is 9.46. The summed E-state index contributed by atoms with van der Waals surface area (Å²) in [6, 6.07) is 0. The quantitative estimate of drug-likeness (QED) is 0.669. The standard InChI is InChI=1S/C10H18N4O2/c1-2-6-13(7-3-4-11)9-10(15)14(16)8-5-12-9/h5,8,16H,2-4,6-7,11H2,1H3. The van der Waals surface area contributed by atoms with Gasteiger partial charge in [0, 0.05) is 19.3 Å². The highest BCUT2D eigenvalue weighted by molar-refractivity contribution is 5.35. The molecule has 0 aliphatic rings. The molecule has 1 rings (SSSR count). The van der Waals surface area contributed by atoms with Crippen LogP contribution in [-0.2, 0) is 0 Å². The second-order valence-corrected chi connectivity index (χ2v) is 3.53. The predicted molar refractivity (Wildman–Crippen MR) is 61.9 cm³/mol. The molecule has 1 aromatic heterocycles. The number of nitrogens with zero attached hydrogens (tertiary/aromatic N) is 3. The molecule has 90 valence electrons. The molecule has 0 aromatic carbocycles. The Morgan fingerprint density at radius 3 is 2.94 bits per heavy atom. The molecule has 1 heterocycles. The Bertz CT molecular complexity index is 377. The third kappa shape index (κ3) is 2.96. The van der Waals surface area contributed by atoms with Crippen LogP contribution in [0.1, 0.15) is 19.8 Å².